The van der Waals surface area contributed by atoms with Crippen molar-refractivity contribution in [2.75, 3.05) is 38.5 Å². The average Bonchev–Trinajstić information content (AvgIpc) is 2.18. The number of nitriles is 1. The maximum absolute atomic E-state index is 11.5. The Morgan fingerprint density at radius 3 is 2.29 bits per heavy atom. The van der Waals surface area contributed by atoms with Crippen molar-refractivity contribution in [3.05, 3.63) is 0 Å². The molecule has 0 aromatic heterocycles. The van der Waals surface area contributed by atoms with E-state index in [-0.39, 0.29) is 0 Å². The third-order valence-corrected chi connectivity index (χ3v) is 4.06. The van der Waals surface area contributed by atoms with Crippen molar-refractivity contribution in [2.45, 2.75) is 6.92 Å². The molecule has 14 heavy (non-hydrogen) atoms. The summed E-state index contributed by atoms with van der Waals surface area (Å²) in [6.07, 6.45) is 0. The predicted molar refractivity (Wildman–Crippen MR) is 53.1 cm³/mol. The molecule has 1 rings (SSSR count). The molecular formula is C8H15N3O2S. The lowest BCUT2D eigenvalue weighted by molar-refractivity contribution is 0.196. The summed E-state index contributed by atoms with van der Waals surface area (Å²) < 4.78 is 24.3. The van der Waals surface area contributed by atoms with Crippen LogP contribution in [0.15, 0.2) is 0 Å². The molecule has 0 unspecified atom stereocenters. The summed E-state index contributed by atoms with van der Waals surface area (Å²) in [5, 5.41) is 8.36. The zero-order valence-corrected chi connectivity index (χ0v) is 9.13. The first-order valence-electron chi connectivity index (χ1n) is 4.67. The molecule has 1 aliphatic heterocycles. The first kappa shape index (κ1) is 11.4. The molecule has 0 radical (unpaired) electrons. The van der Waals surface area contributed by atoms with E-state index in [4.69, 9.17) is 5.26 Å². The van der Waals surface area contributed by atoms with Gasteiger partial charge in [-0.05, 0) is 6.54 Å². The Morgan fingerprint density at radius 1 is 1.29 bits per heavy atom. The smallest absolute Gasteiger partial charge is 0.227 e. The van der Waals surface area contributed by atoms with Gasteiger partial charge < -0.3 is 4.90 Å². The first-order chi connectivity index (χ1) is 6.60. The van der Waals surface area contributed by atoms with Gasteiger partial charge in [0.2, 0.25) is 10.0 Å². The van der Waals surface area contributed by atoms with Crippen LogP contribution >= 0.6 is 0 Å². The molecule has 1 saturated heterocycles. The van der Waals surface area contributed by atoms with E-state index in [1.165, 1.54) is 4.31 Å². The van der Waals surface area contributed by atoms with Gasteiger partial charge in [0.25, 0.3) is 0 Å². The Hall–Kier alpha value is -0.640. The highest BCUT2D eigenvalue weighted by atomic mass is 32.2. The van der Waals surface area contributed by atoms with Gasteiger partial charge >= 0.3 is 0 Å². The SMILES string of the molecule is CCN1CCN(S(=O)(=O)CC#N)CC1. The number of nitrogens with zero attached hydrogens (tertiary/aromatic N) is 3. The van der Waals surface area contributed by atoms with Crippen LogP contribution in [0.25, 0.3) is 0 Å². The molecule has 1 aliphatic rings. The summed E-state index contributed by atoms with van der Waals surface area (Å²) in [5.74, 6) is -0.404. The lowest BCUT2D eigenvalue weighted by Crippen LogP contribution is -2.48. The van der Waals surface area contributed by atoms with Crippen LogP contribution in [0, 0.1) is 11.3 Å². The molecule has 1 fully saturated rings. The van der Waals surface area contributed by atoms with Crippen LogP contribution < -0.4 is 0 Å². The fourth-order valence-electron chi connectivity index (χ4n) is 1.50. The number of rotatable bonds is 3. The molecule has 0 aromatic rings. The Balaban J connectivity index is 2.54. The fraction of sp³-hybridized carbons (Fsp3) is 0.875. The number of hydrogen-bond acceptors (Lipinski definition) is 4. The third kappa shape index (κ3) is 2.67. The van der Waals surface area contributed by atoms with Gasteiger partial charge in [-0.2, -0.15) is 9.57 Å². The molecule has 0 spiro atoms. The summed E-state index contributed by atoms with van der Waals surface area (Å²) in [4.78, 5) is 2.19. The lowest BCUT2D eigenvalue weighted by Gasteiger charge is -2.32. The summed E-state index contributed by atoms with van der Waals surface area (Å²) in [5.41, 5.74) is 0. The molecule has 5 nitrogen and oxygen atoms in total. The second-order valence-corrected chi connectivity index (χ2v) is 5.22. The number of piperazine rings is 1. The van der Waals surface area contributed by atoms with Gasteiger partial charge in [0.15, 0.2) is 5.75 Å². The average molecular weight is 217 g/mol. The molecule has 0 N–H and O–H groups in total. The van der Waals surface area contributed by atoms with Crippen molar-refractivity contribution in [3.63, 3.8) is 0 Å². The topological polar surface area (TPSA) is 64.4 Å². The second-order valence-electron chi connectivity index (χ2n) is 3.25. The number of hydrogen-bond donors (Lipinski definition) is 0. The highest BCUT2D eigenvalue weighted by Crippen LogP contribution is 2.07. The molecule has 0 amide bonds. The predicted octanol–water partition coefficient (Wildman–Crippen LogP) is -0.523. The molecule has 0 aliphatic carbocycles. The molecule has 1 heterocycles. The quantitative estimate of drug-likeness (QED) is 0.638. The monoisotopic (exact) mass is 217 g/mol. The zero-order valence-electron chi connectivity index (χ0n) is 8.31. The van der Waals surface area contributed by atoms with Crippen molar-refractivity contribution in [3.8, 4) is 6.07 Å². The van der Waals surface area contributed by atoms with Gasteiger partial charge in [0.1, 0.15) is 0 Å². The van der Waals surface area contributed by atoms with Crippen LogP contribution in [0.1, 0.15) is 6.92 Å². The van der Waals surface area contributed by atoms with Gasteiger partial charge in [-0.15, -0.1) is 0 Å². The maximum atomic E-state index is 11.5. The van der Waals surface area contributed by atoms with Crippen molar-refractivity contribution in [1.29, 1.82) is 5.26 Å². The van der Waals surface area contributed by atoms with Crippen molar-refractivity contribution in [1.82, 2.24) is 9.21 Å². The van der Waals surface area contributed by atoms with Crippen molar-refractivity contribution < 1.29 is 8.42 Å². The van der Waals surface area contributed by atoms with Crippen molar-refractivity contribution in [2.24, 2.45) is 0 Å². The minimum Gasteiger partial charge on any atom is -0.301 e. The van der Waals surface area contributed by atoms with Crippen LogP contribution in [0.5, 0.6) is 0 Å². The molecule has 80 valence electrons. The maximum Gasteiger partial charge on any atom is 0.227 e. The van der Waals surface area contributed by atoms with Gasteiger partial charge in [0.05, 0.1) is 6.07 Å². The van der Waals surface area contributed by atoms with Crippen LogP contribution in [0.3, 0.4) is 0 Å². The van der Waals surface area contributed by atoms with Gasteiger partial charge in [-0.25, -0.2) is 8.42 Å². The Kier molecular flexibility index (Phi) is 3.86. The van der Waals surface area contributed by atoms with E-state index >= 15 is 0 Å². The van der Waals surface area contributed by atoms with E-state index in [2.05, 4.69) is 11.8 Å². The van der Waals surface area contributed by atoms with Crippen LogP contribution in [0.2, 0.25) is 0 Å². The van der Waals surface area contributed by atoms with Gasteiger partial charge in [-0.1, -0.05) is 6.92 Å². The fourth-order valence-corrected chi connectivity index (χ4v) is 2.56. The molecule has 0 atom stereocenters. The van der Waals surface area contributed by atoms with Gasteiger partial charge in [-0.3, -0.25) is 0 Å². The Labute approximate surface area is 85.0 Å². The van der Waals surface area contributed by atoms with E-state index in [0.29, 0.717) is 13.1 Å². The van der Waals surface area contributed by atoms with E-state index in [1.807, 2.05) is 0 Å². The lowest BCUT2D eigenvalue weighted by atomic mass is 10.4. The molecular weight excluding hydrogens is 202 g/mol. The van der Waals surface area contributed by atoms with Crippen LogP contribution in [0.4, 0.5) is 0 Å². The highest BCUT2D eigenvalue weighted by Gasteiger charge is 2.25. The minimum atomic E-state index is -3.32. The summed E-state index contributed by atoms with van der Waals surface area (Å²) >= 11 is 0. The highest BCUT2D eigenvalue weighted by molar-refractivity contribution is 7.89. The standard InChI is InChI=1S/C8H15N3O2S/c1-2-10-4-6-11(7-5-10)14(12,13)8-3-9/h2,4-8H2,1H3. The molecule has 0 bridgehead atoms. The molecule has 0 aromatic carbocycles. The van der Waals surface area contributed by atoms with Gasteiger partial charge in [0, 0.05) is 26.2 Å². The number of sulfonamides is 1. The van der Waals surface area contributed by atoms with Crippen LogP contribution in [-0.4, -0.2) is 56.1 Å². The van der Waals surface area contributed by atoms with Crippen LogP contribution in [-0.2, 0) is 10.0 Å². The Bertz CT molecular complexity index is 312. The second kappa shape index (κ2) is 4.73. The summed E-state index contributed by atoms with van der Waals surface area (Å²) in [7, 11) is -3.32. The van der Waals surface area contributed by atoms with E-state index in [1.54, 1.807) is 6.07 Å². The van der Waals surface area contributed by atoms with E-state index < -0.39 is 15.8 Å². The summed E-state index contributed by atoms with van der Waals surface area (Å²) in [6, 6.07) is 1.69. The normalized spacial score (nSPS) is 20.6. The van der Waals surface area contributed by atoms with E-state index in [0.717, 1.165) is 19.6 Å². The van der Waals surface area contributed by atoms with E-state index in [9.17, 15) is 8.42 Å². The first-order valence-corrected chi connectivity index (χ1v) is 6.28. The Morgan fingerprint density at radius 2 is 1.86 bits per heavy atom. The third-order valence-electron chi connectivity index (χ3n) is 2.42. The summed E-state index contributed by atoms with van der Waals surface area (Å²) in [6.45, 7) is 5.56. The van der Waals surface area contributed by atoms with Crippen molar-refractivity contribution >= 4 is 10.0 Å². The minimum absolute atomic E-state index is 0.404. The molecule has 6 heteroatoms. The zero-order chi connectivity index (χ0) is 10.6. The number of likely N-dealkylation sites (N-methyl/N-ethyl adjacent to an activating group) is 1. The molecule has 0 saturated carbocycles. The largest absolute Gasteiger partial charge is 0.301 e.